The van der Waals surface area contributed by atoms with Crippen LogP contribution in [0.4, 0.5) is 0 Å². The van der Waals surface area contributed by atoms with Crippen molar-refractivity contribution >= 4 is 27.5 Å². The van der Waals surface area contributed by atoms with E-state index in [1.807, 2.05) is 0 Å². The van der Waals surface area contributed by atoms with E-state index >= 15 is 0 Å². The van der Waals surface area contributed by atoms with E-state index in [1.165, 1.54) is 0 Å². The zero-order valence-corrected chi connectivity index (χ0v) is 14.5. The Kier molecular flexibility index (Phi) is 4.86. The number of hydrogen-bond donors (Lipinski definition) is 1. The van der Waals surface area contributed by atoms with Crippen molar-refractivity contribution < 1.29 is 17.6 Å². The van der Waals surface area contributed by atoms with Gasteiger partial charge in [0.1, 0.15) is 0 Å². The van der Waals surface area contributed by atoms with E-state index in [0.717, 1.165) is 11.8 Å². The molecule has 1 aliphatic heterocycles. The average molecular weight is 368 g/mol. The predicted molar refractivity (Wildman–Crippen MR) is 88.0 cm³/mol. The van der Waals surface area contributed by atoms with Crippen LogP contribution in [0.1, 0.15) is 13.3 Å². The summed E-state index contributed by atoms with van der Waals surface area (Å²) in [6.07, 6.45) is 3.71. The van der Waals surface area contributed by atoms with Crippen molar-refractivity contribution in [3.05, 3.63) is 24.5 Å². The van der Waals surface area contributed by atoms with Gasteiger partial charge in [-0.3, -0.25) is 9.78 Å². The number of nitrogens with zero attached hydrogens (tertiary/aromatic N) is 3. The minimum Gasteiger partial charge on any atom is -0.411 e. The fourth-order valence-corrected chi connectivity index (χ4v) is 4.66. The Labute approximate surface area is 143 Å². The maximum Gasteiger partial charge on any atom is 0.277 e. The van der Waals surface area contributed by atoms with Crippen LogP contribution in [0.5, 0.6) is 0 Å². The highest BCUT2D eigenvalue weighted by Gasteiger charge is 2.30. The van der Waals surface area contributed by atoms with Crippen molar-refractivity contribution in [2.75, 3.05) is 11.5 Å². The third kappa shape index (κ3) is 4.12. The third-order valence-electron chi connectivity index (χ3n) is 3.54. The lowest BCUT2D eigenvalue weighted by Gasteiger charge is -2.14. The van der Waals surface area contributed by atoms with Gasteiger partial charge in [-0.1, -0.05) is 11.8 Å². The second-order valence-corrected chi connectivity index (χ2v) is 9.00. The van der Waals surface area contributed by atoms with Gasteiger partial charge in [0.15, 0.2) is 9.84 Å². The van der Waals surface area contributed by atoms with Gasteiger partial charge in [-0.25, -0.2) is 8.42 Å². The second-order valence-electron chi connectivity index (χ2n) is 5.48. The molecule has 1 N–H and O–H groups in total. The van der Waals surface area contributed by atoms with Gasteiger partial charge in [-0.05, 0) is 25.5 Å². The Balaban J connectivity index is 1.58. The SMILES string of the molecule is C[C@H](Sc1nnc(-c2cccnc2)o1)C(=O)N[C@H]1CCS(=O)(=O)C1. The quantitative estimate of drug-likeness (QED) is 0.775. The Morgan fingerprint density at radius 2 is 2.29 bits per heavy atom. The Morgan fingerprint density at radius 3 is 2.96 bits per heavy atom. The first-order valence-electron chi connectivity index (χ1n) is 7.34. The molecule has 0 aliphatic carbocycles. The Bertz CT molecular complexity index is 822. The summed E-state index contributed by atoms with van der Waals surface area (Å²) in [5, 5.41) is 10.4. The fraction of sp³-hybridized carbons (Fsp3) is 0.429. The highest BCUT2D eigenvalue weighted by atomic mass is 32.2. The van der Waals surface area contributed by atoms with E-state index in [4.69, 9.17) is 4.42 Å². The monoisotopic (exact) mass is 368 g/mol. The van der Waals surface area contributed by atoms with E-state index in [-0.39, 0.29) is 28.7 Å². The molecule has 0 bridgehead atoms. The molecule has 8 nitrogen and oxygen atoms in total. The lowest BCUT2D eigenvalue weighted by molar-refractivity contribution is -0.120. The summed E-state index contributed by atoms with van der Waals surface area (Å²) in [4.78, 5) is 16.1. The van der Waals surface area contributed by atoms with Crippen LogP contribution in [-0.4, -0.2) is 52.3 Å². The largest absolute Gasteiger partial charge is 0.411 e. The van der Waals surface area contributed by atoms with E-state index in [1.54, 1.807) is 31.5 Å². The minimum absolute atomic E-state index is 0.00182. The van der Waals surface area contributed by atoms with Crippen molar-refractivity contribution in [1.82, 2.24) is 20.5 Å². The second kappa shape index (κ2) is 6.89. The topological polar surface area (TPSA) is 115 Å². The maximum atomic E-state index is 12.2. The summed E-state index contributed by atoms with van der Waals surface area (Å²) in [6.45, 7) is 1.71. The number of hydrogen-bond acceptors (Lipinski definition) is 8. The zero-order valence-electron chi connectivity index (χ0n) is 12.9. The number of thioether (sulfide) groups is 1. The summed E-state index contributed by atoms with van der Waals surface area (Å²) in [7, 11) is -3.02. The number of carbonyl (C=O) groups is 1. The van der Waals surface area contributed by atoms with Gasteiger partial charge in [-0.2, -0.15) is 0 Å². The van der Waals surface area contributed by atoms with Crippen LogP contribution in [0.2, 0.25) is 0 Å². The number of pyridine rings is 1. The first kappa shape index (κ1) is 16.9. The molecular formula is C14H16N4O4S2. The molecule has 1 fully saturated rings. The van der Waals surface area contributed by atoms with Gasteiger partial charge in [0.25, 0.3) is 5.22 Å². The molecule has 3 heterocycles. The number of rotatable bonds is 5. The molecule has 128 valence electrons. The van der Waals surface area contributed by atoms with Crippen LogP contribution in [-0.2, 0) is 14.6 Å². The van der Waals surface area contributed by atoms with Crippen LogP contribution >= 0.6 is 11.8 Å². The number of nitrogens with one attached hydrogen (secondary N) is 1. The van der Waals surface area contributed by atoms with Crippen molar-refractivity contribution in [3.8, 4) is 11.5 Å². The van der Waals surface area contributed by atoms with Crippen LogP contribution in [0.3, 0.4) is 0 Å². The van der Waals surface area contributed by atoms with E-state index in [2.05, 4.69) is 20.5 Å². The molecule has 0 saturated carbocycles. The molecule has 0 spiro atoms. The fourth-order valence-electron chi connectivity index (χ4n) is 2.30. The van der Waals surface area contributed by atoms with Gasteiger partial charge < -0.3 is 9.73 Å². The molecular weight excluding hydrogens is 352 g/mol. The summed E-state index contributed by atoms with van der Waals surface area (Å²) >= 11 is 1.13. The van der Waals surface area contributed by atoms with Crippen LogP contribution in [0, 0.1) is 0 Å². The average Bonchev–Trinajstić information content (AvgIpc) is 3.14. The number of sulfone groups is 1. The standard InChI is InChI=1S/C14H16N4O4S2/c1-9(12(19)16-11-4-6-24(20,21)8-11)23-14-18-17-13(22-14)10-3-2-5-15-7-10/h2-3,5,7,9,11H,4,6,8H2,1H3,(H,16,19)/t9-,11-/m0/s1. The molecule has 1 aliphatic rings. The van der Waals surface area contributed by atoms with Crippen molar-refractivity contribution in [3.63, 3.8) is 0 Å². The smallest absolute Gasteiger partial charge is 0.277 e. The van der Waals surface area contributed by atoms with E-state index in [0.29, 0.717) is 17.9 Å². The normalized spacial score (nSPS) is 20.6. The molecule has 0 aromatic carbocycles. The molecule has 2 aromatic rings. The van der Waals surface area contributed by atoms with Crippen LogP contribution in [0.25, 0.3) is 11.5 Å². The maximum absolute atomic E-state index is 12.2. The van der Waals surface area contributed by atoms with Gasteiger partial charge in [0.05, 0.1) is 22.3 Å². The lowest BCUT2D eigenvalue weighted by atomic mass is 10.2. The summed E-state index contributed by atoms with van der Waals surface area (Å²) in [5.74, 6) is 0.211. The van der Waals surface area contributed by atoms with Gasteiger partial charge >= 0.3 is 0 Å². The molecule has 3 rings (SSSR count). The molecule has 24 heavy (non-hydrogen) atoms. The van der Waals surface area contributed by atoms with E-state index in [9.17, 15) is 13.2 Å². The summed E-state index contributed by atoms with van der Waals surface area (Å²) in [5.41, 5.74) is 0.699. The molecule has 2 atom stereocenters. The predicted octanol–water partition coefficient (Wildman–Crippen LogP) is 0.915. The summed E-state index contributed by atoms with van der Waals surface area (Å²) in [6, 6.07) is 3.24. The first-order chi connectivity index (χ1) is 11.4. The molecule has 1 amide bonds. The Morgan fingerprint density at radius 1 is 1.46 bits per heavy atom. The van der Waals surface area contributed by atoms with Crippen LogP contribution in [0.15, 0.2) is 34.2 Å². The number of carbonyl (C=O) groups excluding carboxylic acids is 1. The molecule has 2 aromatic heterocycles. The lowest BCUT2D eigenvalue weighted by Crippen LogP contribution is -2.39. The highest BCUT2D eigenvalue weighted by molar-refractivity contribution is 8.00. The molecule has 0 unspecified atom stereocenters. The number of amides is 1. The first-order valence-corrected chi connectivity index (χ1v) is 10.0. The minimum atomic E-state index is -3.02. The molecule has 10 heteroatoms. The zero-order chi connectivity index (χ0) is 17.2. The Hall–Kier alpha value is -1.94. The summed E-state index contributed by atoms with van der Waals surface area (Å²) < 4.78 is 28.4. The van der Waals surface area contributed by atoms with Crippen molar-refractivity contribution in [2.24, 2.45) is 0 Å². The van der Waals surface area contributed by atoms with Gasteiger partial charge in [-0.15, -0.1) is 10.2 Å². The number of aromatic nitrogens is 3. The highest BCUT2D eigenvalue weighted by Crippen LogP contribution is 2.26. The molecule has 0 radical (unpaired) electrons. The van der Waals surface area contributed by atoms with E-state index < -0.39 is 15.1 Å². The van der Waals surface area contributed by atoms with Gasteiger partial charge in [0, 0.05) is 18.4 Å². The van der Waals surface area contributed by atoms with Crippen molar-refractivity contribution in [2.45, 2.75) is 29.9 Å². The molecule has 1 saturated heterocycles. The van der Waals surface area contributed by atoms with Crippen LogP contribution < -0.4 is 5.32 Å². The van der Waals surface area contributed by atoms with Crippen molar-refractivity contribution in [1.29, 1.82) is 0 Å². The van der Waals surface area contributed by atoms with Gasteiger partial charge in [0.2, 0.25) is 11.8 Å². The third-order valence-corrected chi connectivity index (χ3v) is 6.24.